The minimum atomic E-state index is 1.04. The molecule has 0 bridgehead atoms. The van der Waals surface area contributed by atoms with Crippen molar-refractivity contribution in [2.75, 3.05) is 0 Å². The molecule has 0 radical (unpaired) electrons. The maximum Gasteiger partial charge on any atom is 0.0442 e. The van der Waals surface area contributed by atoms with Gasteiger partial charge in [0.05, 0.1) is 0 Å². The number of hydrogen-bond acceptors (Lipinski definition) is 1. The fourth-order valence-corrected chi connectivity index (χ4v) is 0.725. The van der Waals surface area contributed by atoms with Gasteiger partial charge in [0, 0.05) is 11.4 Å². The summed E-state index contributed by atoms with van der Waals surface area (Å²) in [7, 11) is 0. The van der Waals surface area contributed by atoms with Crippen molar-refractivity contribution in [1.82, 2.24) is 0 Å². The van der Waals surface area contributed by atoms with Crippen LogP contribution in [0.5, 0.6) is 0 Å². The molecule has 8 heavy (non-hydrogen) atoms. The highest BCUT2D eigenvalue weighted by Gasteiger charge is 2.01. The Morgan fingerprint density at radius 2 is 2.12 bits per heavy atom. The second kappa shape index (κ2) is 1.58. The summed E-state index contributed by atoms with van der Waals surface area (Å²) < 4.78 is 0. The van der Waals surface area contributed by atoms with Crippen molar-refractivity contribution in [3.8, 4) is 0 Å². The van der Waals surface area contributed by atoms with Crippen LogP contribution in [0.1, 0.15) is 13.8 Å². The first-order valence-electron chi connectivity index (χ1n) is 2.63. The zero-order valence-corrected chi connectivity index (χ0v) is 5.23. The van der Waals surface area contributed by atoms with Crippen LogP contribution < -0.4 is 0 Å². The molecule has 1 aliphatic rings. The van der Waals surface area contributed by atoms with Crippen molar-refractivity contribution in [2.24, 2.45) is 4.99 Å². The minimum absolute atomic E-state index is 1.04. The average Bonchev–Trinajstić information content (AvgIpc) is 1.85. The molecule has 1 aliphatic heterocycles. The molecule has 0 aromatic carbocycles. The van der Waals surface area contributed by atoms with E-state index in [1.165, 1.54) is 0 Å². The first-order chi connectivity index (χ1) is 3.70. The van der Waals surface area contributed by atoms with Gasteiger partial charge < -0.3 is 0 Å². The Kier molecular flexibility index (Phi) is 1.05. The minimum Gasteiger partial charge on any atom is -0.258 e. The van der Waals surface area contributed by atoms with Gasteiger partial charge in [-0.15, -0.1) is 0 Å². The highest BCUT2D eigenvalue weighted by Crippen LogP contribution is 2.12. The topological polar surface area (TPSA) is 12.4 Å². The molecule has 0 spiro atoms. The predicted octanol–water partition coefficient (Wildman–Crippen LogP) is 1.92. The molecule has 0 fully saturated rings. The summed E-state index contributed by atoms with van der Waals surface area (Å²) >= 11 is 0. The number of nitrogens with zero attached hydrogens (tertiary/aromatic N) is 1. The predicted molar refractivity (Wildman–Crippen MR) is 36.0 cm³/mol. The van der Waals surface area contributed by atoms with Gasteiger partial charge in [-0.2, -0.15) is 0 Å². The lowest BCUT2D eigenvalue weighted by molar-refractivity contribution is 1.34. The highest BCUT2D eigenvalue weighted by atomic mass is 14.8. The maximum atomic E-state index is 4.15. The lowest BCUT2D eigenvalue weighted by Crippen LogP contribution is -1.84. The van der Waals surface area contributed by atoms with Gasteiger partial charge in [-0.05, 0) is 25.5 Å². The third-order valence-electron chi connectivity index (χ3n) is 1.19. The second-order valence-electron chi connectivity index (χ2n) is 2.01. The van der Waals surface area contributed by atoms with Gasteiger partial charge >= 0.3 is 0 Å². The number of aliphatic imine (C=N–C) groups is 1. The summed E-state index contributed by atoms with van der Waals surface area (Å²) in [5.41, 5.74) is 3.15. The largest absolute Gasteiger partial charge is 0.258 e. The van der Waals surface area contributed by atoms with Crippen LogP contribution in [0.15, 0.2) is 28.9 Å². The van der Waals surface area contributed by atoms with E-state index in [2.05, 4.69) is 11.6 Å². The summed E-state index contributed by atoms with van der Waals surface area (Å²) in [6.45, 7) is 7.72. The Balaban J connectivity index is 2.95. The maximum absolute atomic E-state index is 4.15. The second-order valence-corrected chi connectivity index (χ2v) is 2.01. The van der Waals surface area contributed by atoms with Crippen LogP contribution in [0.3, 0.4) is 0 Å². The first-order valence-corrected chi connectivity index (χ1v) is 2.63. The van der Waals surface area contributed by atoms with Gasteiger partial charge in [-0.3, -0.25) is 4.99 Å². The van der Waals surface area contributed by atoms with Crippen LogP contribution in [0.2, 0.25) is 0 Å². The zero-order chi connectivity index (χ0) is 6.15. The van der Waals surface area contributed by atoms with E-state index in [0.717, 1.165) is 17.0 Å². The van der Waals surface area contributed by atoms with Gasteiger partial charge in [-0.25, -0.2) is 0 Å². The van der Waals surface area contributed by atoms with E-state index in [4.69, 9.17) is 0 Å². The van der Waals surface area contributed by atoms with E-state index in [1.807, 2.05) is 19.9 Å². The average molecular weight is 107 g/mol. The van der Waals surface area contributed by atoms with Gasteiger partial charge in [0.15, 0.2) is 0 Å². The van der Waals surface area contributed by atoms with Gasteiger partial charge in [0.1, 0.15) is 0 Å². The molecule has 1 rings (SSSR count). The van der Waals surface area contributed by atoms with Crippen LogP contribution >= 0.6 is 0 Å². The third kappa shape index (κ3) is 0.713. The van der Waals surface area contributed by atoms with E-state index < -0.39 is 0 Å². The first kappa shape index (κ1) is 5.29. The Morgan fingerprint density at radius 1 is 1.50 bits per heavy atom. The number of allylic oxidation sites excluding steroid dienone is 3. The molecule has 1 heteroatoms. The molecule has 0 aliphatic carbocycles. The van der Waals surface area contributed by atoms with E-state index in [9.17, 15) is 0 Å². The summed E-state index contributed by atoms with van der Waals surface area (Å²) in [6, 6.07) is 0. The summed E-state index contributed by atoms with van der Waals surface area (Å²) in [5, 5.41) is 0. The molecule has 1 heterocycles. The molecule has 0 amide bonds. The van der Waals surface area contributed by atoms with Crippen LogP contribution in [-0.2, 0) is 0 Å². The smallest absolute Gasteiger partial charge is 0.0442 e. The normalized spacial score (nSPS) is 18.5. The zero-order valence-electron chi connectivity index (χ0n) is 5.23. The number of rotatable bonds is 0. The van der Waals surface area contributed by atoms with Crippen molar-refractivity contribution in [3.63, 3.8) is 0 Å². The SMILES string of the molecule is C=C1C=C(C)N=C1C. The van der Waals surface area contributed by atoms with Crippen molar-refractivity contribution in [3.05, 3.63) is 23.9 Å². The van der Waals surface area contributed by atoms with E-state index in [0.29, 0.717) is 0 Å². The van der Waals surface area contributed by atoms with Crippen molar-refractivity contribution >= 4 is 5.71 Å². The Bertz CT molecular complexity index is 182. The monoisotopic (exact) mass is 107 g/mol. The molecular weight excluding hydrogens is 98.1 g/mol. The van der Waals surface area contributed by atoms with Crippen LogP contribution in [0.4, 0.5) is 0 Å². The Hall–Kier alpha value is -0.850. The fourth-order valence-electron chi connectivity index (χ4n) is 0.725. The standard InChI is InChI=1S/C7H9N/c1-5-4-6(2)8-7(5)3/h4H,1H2,2-3H3. The lowest BCUT2D eigenvalue weighted by atomic mass is 10.2. The molecule has 0 saturated heterocycles. The lowest BCUT2D eigenvalue weighted by Gasteiger charge is -1.84. The molecule has 0 N–H and O–H groups in total. The molecule has 0 atom stereocenters. The summed E-state index contributed by atoms with van der Waals surface area (Å²) in [4.78, 5) is 4.15. The van der Waals surface area contributed by atoms with Crippen LogP contribution in [0.25, 0.3) is 0 Å². The van der Waals surface area contributed by atoms with E-state index >= 15 is 0 Å². The Morgan fingerprint density at radius 3 is 2.25 bits per heavy atom. The van der Waals surface area contributed by atoms with Gasteiger partial charge in [0.2, 0.25) is 0 Å². The van der Waals surface area contributed by atoms with Gasteiger partial charge in [0.25, 0.3) is 0 Å². The highest BCUT2D eigenvalue weighted by molar-refractivity contribution is 6.02. The van der Waals surface area contributed by atoms with Gasteiger partial charge in [-0.1, -0.05) is 6.58 Å². The summed E-state index contributed by atoms with van der Waals surface area (Å²) in [5.74, 6) is 0. The fraction of sp³-hybridized carbons (Fsp3) is 0.286. The van der Waals surface area contributed by atoms with Crippen molar-refractivity contribution < 1.29 is 0 Å². The Labute approximate surface area is 49.4 Å². The van der Waals surface area contributed by atoms with Crippen LogP contribution in [0, 0.1) is 0 Å². The molecule has 42 valence electrons. The molecular formula is C7H9N. The summed E-state index contributed by atoms with van der Waals surface area (Å²) in [6.07, 6.45) is 1.98. The molecule has 0 saturated carbocycles. The molecule has 1 nitrogen and oxygen atoms in total. The van der Waals surface area contributed by atoms with Crippen molar-refractivity contribution in [1.29, 1.82) is 0 Å². The van der Waals surface area contributed by atoms with E-state index in [-0.39, 0.29) is 0 Å². The van der Waals surface area contributed by atoms with Crippen molar-refractivity contribution in [2.45, 2.75) is 13.8 Å². The van der Waals surface area contributed by atoms with Crippen LogP contribution in [-0.4, -0.2) is 5.71 Å². The molecule has 0 unspecified atom stereocenters. The third-order valence-corrected chi connectivity index (χ3v) is 1.19. The molecule has 0 aromatic heterocycles. The van der Waals surface area contributed by atoms with E-state index in [1.54, 1.807) is 0 Å². The quantitative estimate of drug-likeness (QED) is 0.448. The number of hydrogen-bond donors (Lipinski definition) is 0. The molecule has 0 aromatic rings.